The second kappa shape index (κ2) is 9.17. The molecule has 1 unspecified atom stereocenters. The summed E-state index contributed by atoms with van der Waals surface area (Å²) in [7, 11) is 0. The topological polar surface area (TPSA) is 50.4 Å². The number of rotatable bonds is 8. The predicted octanol–water partition coefficient (Wildman–Crippen LogP) is 4.62. The van der Waals surface area contributed by atoms with E-state index < -0.39 is 0 Å². The van der Waals surface area contributed by atoms with Crippen molar-refractivity contribution >= 4 is 22.9 Å². The molecule has 1 aromatic heterocycles. The van der Waals surface area contributed by atoms with Crippen LogP contribution in [0.4, 0.5) is 5.69 Å². The standard InChI is InChI=1S/C21H22N2O2S/c1-16(20-8-5-13-26-20)22-14-21(24)23-18-9-11-19(12-10-18)25-15-17-6-3-2-4-7-17/h2-13,16,22H,14-15H2,1H3,(H,23,24). The molecule has 0 fully saturated rings. The van der Waals surface area contributed by atoms with Crippen molar-refractivity contribution in [1.29, 1.82) is 0 Å². The lowest BCUT2D eigenvalue weighted by Gasteiger charge is -2.12. The normalized spacial score (nSPS) is 11.7. The Morgan fingerprint density at radius 2 is 1.81 bits per heavy atom. The van der Waals surface area contributed by atoms with Crippen molar-refractivity contribution in [3.63, 3.8) is 0 Å². The van der Waals surface area contributed by atoms with Crippen LogP contribution in [0.25, 0.3) is 0 Å². The number of thiophene rings is 1. The van der Waals surface area contributed by atoms with Gasteiger partial charge >= 0.3 is 0 Å². The van der Waals surface area contributed by atoms with E-state index >= 15 is 0 Å². The van der Waals surface area contributed by atoms with Gasteiger partial charge < -0.3 is 15.4 Å². The molecule has 0 aliphatic carbocycles. The highest BCUT2D eigenvalue weighted by Gasteiger charge is 2.08. The van der Waals surface area contributed by atoms with Gasteiger partial charge in [0.25, 0.3) is 0 Å². The molecule has 0 saturated heterocycles. The third-order valence-corrected chi connectivity index (χ3v) is 4.98. The number of ether oxygens (including phenoxy) is 1. The molecule has 3 rings (SSSR count). The molecule has 0 spiro atoms. The predicted molar refractivity (Wildman–Crippen MR) is 107 cm³/mol. The lowest BCUT2D eigenvalue weighted by molar-refractivity contribution is -0.115. The first-order valence-electron chi connectivity index (χ1n) is 8.54. The molecule has 5 heteroatoms. The smallest absolute Gasteiger partial charge is 0.238 e. The number of carbonyl (C=O) groups excluding carboxylic acids is 1. The molecule has 26 heavy (non-hydrogen) atoms. The molecule has 0 bridgehead atoms. The molecular weight excluding hydrogens is 344 g/mol. The van der Waals surface area contributed by atoms with Crippen molar-refractivity contribution in [1.82, 2.24) is 5.32 Å². The van der Waals surface area contributed by atoms with Crippen LogP contribution in [0.15, 0.2) is 72.1 Å². The summed E-state index contributed by atoms with van der Waals surface area (Å²) in [6.45, 7) is 2.85. The Hall–Kier alpha value is -2.63. The van der Waals surface area contributed by atoms with Crippen molar-refractivity contribution in [3.8, 4) is 5.75 Å². The van der Waals surface area contributed by atoms with Crippen molar-refractivity contribution in [2.75, 3.05) is 11.9 Å². The Morgan fingerprint density at radius 1 is 1.04 bits per heavy atom. The summed E-state index contributed by atoms with van der Waals surface area (Å²) in [5.41, 5.74) is 1.88. The van der Waals surface area contributed by atoms with E-state index in [1.54, 1.807) is 11.3 Å². The monoisotopic (exact) mass is 366 g/mol. The Kier molecular flexibility index (Phi) is 6.41. The summed E-state index contributed by atoms with van der Waals surface area (Å²) in [5.74, 6) is 0.711. The second-order valence-electron chi connectivity index (χ2n) is 5.96. The summed E-state index contributed by atoms with van der Waals surface area (Å²) in [6.07, 6.45) is 0. The first kappa shape index (κ1) is 18.2. The summed E-state index contributed by atoms with van der Waals surface area (Å²) in [5, 5.41) is 8.16. The van der Waals surface area contributed by atoms with Gasteiger partial charge in [-0.3, -0.25) is 4.79 Å². The number of hydrogen-bond acceptors (Lipinski definition) is 4. The molecule has 3 aromatic rings. The third kappa shape index (κ3) is 5.44. The fourth-order valence-electron chi connectivity index (χ4n) is 2.46. The minimum absolute atomic E-state index is 0.0636. The van der Waals surface area contributed by atoms with Gasteiger partial charge in [0, 0.05) is 16.6 Å². The summed E-state index contributed by atoms with van der Waals surface area (Å²) in [6, 6.07) is 21.7. The van der Waals surface area contributed by atoms with Crippen molar-refractivity contribution in [2.45, 2.75) is 19.6 Å². The molecule has 0 radical (unpaired) electrons. The van der Waals surface area contributed by atoms with E-state index in [1.807, 2.05) is 66.0 Å². The minimum atomic E-state index is -0.0636. The molecule has 2 N–H and O–H groups in total. The van der Waals surface area contributed by atoms with Gasteiger partial charge in [-0.15, -0.1) is 11.3 Å². The van der Waals surface area contributed by atoms with Crippen LogP contribution in [0.5, 0.6) is 5.75 Å². The third-order valence-electron chi connectivity index (χ3n) is 3.93. The summed E-state index contributed by atoms with van der Waals surface area (Å²) in [4.78, 5) is 13.3. The fourth-order valence-corrected chi connectivity index (χ4v) is 3.22. The highest BCUT2D eigenvalue weighted by Crippen LogP contribution is 2.19. The van der Waals surface area contributed by atoms with Gasteiger partial charge in [0.1, 0.15) is 12.4 Å². The van der Waals surface area contributed by atoms with Crippen molar-refractivity contribution in [3.05, 3.63) is 82.6 Å². The van der Waals surface area contributed by atoms with E-state index in [0.29, 0.717) is 6.61 Å². The Labute approximate surface area is 157 Å². The zero-order chi connectivity index (χ0) is 18.2. The highest BCUT2D eigenvalue weighted by molar-refractivity contribution is 7.10. The average molecular weight is 366 g/mol. The van der Waals surface area contributed by atoms with E-state index in [4.69, 9.17) is 4.74 Å². The van der Waals surface area contributed by atoms with Crippen molar-refractivity contribution in [2.24, 2.45) is 0 Å². The van der Waals surface area contributed by atoms with Gasteiger partial charge in [-0.1, -0.05) is 36.4 Å². The number of anilines is 1. The first-order valence-corrected chi connectivity index (χ1v) is 9.42. The van der Waals surface area contributed by atoms with Crippen LogP contribution in [0.1, 0.15) is 23.4 Å². The molecule has 1 amide bonds. The minimum Gasteiger partial charge on any atom is -0.489 e. The van der Waals surface area contributed by atoms with Crippen LogP contribution in [-0.2, 0) is 11.4 Å². The molecule has 1 heterocycles. The zero-order valence-corrected chi connectivity index (χ0v) is 15.5. The molecule has 0 aliphatic rings. The van der Waals surface area contributed by atoms with Gasteiger partial charge in [0.2, 0.25) is 5.91 Å². The number of nitrogens with one attached hydrogen (secondary N) is 2. The highest BCUT2D eigenvalue weighted by atomic mass is 32.1. The second-order valence-corrected chi connectivity index (χ2v) is 6.94. The summed E-state index contributed by atoms with van der Waals surface area (Å²) < 4.78 is 5.75. The molecule has 0 saturated carbocycles. The van der Waals surface area contributed by atoms with E-state index in [1.165, 1.54) is 4.88 Å². The van der Waals surface area contributed by atoms with Crippen LogP contribution in [-0.4, -0.2) is 12.5 Å². The molecular formula is C21H22N2O2S. The van der Waals surface area contributed by atoms with Crippen LogP contribution in [0, 0.1) is 0 Å². The van der Waals surface area contributed by atoms with Crippen LogP contribution in [0.2, 0.25) is 0 Å². The molecule has 4 nitrogen and oxygen atoms in total. The maximum absolute atomic E-state index is 12.1. The maximum Gasteiger partial charge on any atom is 0.238 e. The number of amides is 1. The van der Waals surface area contributed by atoms with Gasteiger partial charge in [-0.25, -0.2) is 0 Å². The molecule has 0 aliphatic heterocycles. The van der Waals surface area contributed by atoms with Crippen molar-refractivity contribution < 1.29 is 9.53 Å². The van der Waals surface area contributed by atoms with Crippen LogP contribution < -0.4 is 15.4 Å². The SMILES string of the molecule is CC(NCC(=O)Nc1ccc(OCc2ccccc2)cc1)c1cccs1. The van der Waals surface area contributed by atoms with Gasteiger partial charge in [-0.2, -0.15) is 0 Å². The lowest BCUT2D eigenvalue weighted by Crippen LogP contribution is -2.29. The van der Waals surface area contributed by atoms with E-state index in [0.717, 1.165) is 17.0 Å². The quantitative estimate of drug-likeness (QED) is 0.612. The van der Waals surface area contributed by atoms with Gasteiger partial charge in [-0.05, 0) is 48.2 Å². The molecule has 2 aromatic carbocycles. The lowest BCUT2D eigenvalue weighted by atomic mass is 10.2. The first-order chi connectivity index (χ1) is 12.7. The van der Waals surface area contributed by atoms with Gasteiger partial charge in [0.15, 0.2) is 0 Å². The van der Waals surface area contributed by atoms with Crippen LogP contribution >= 0.6 is 11.3 Å². The summed E-state index contributed by atoms with van der Waals surface area (Å²) >= 11 is 1.68. The van der Waals surface area contributed by atoms with E-state index in [2.05, 4.69) is 23.6 Å². The average Bonchev–Trinajstić information content (AvgIpc) is 3.21. The largest absolute Gasteiger partial charge is 0.489 e. The number of benzene rings is 2. The van der Waals surface area contributed by atoms with Crippen LogP contribution in [0.3, 0.4) is 0 Å². The molecule has 134 valence electrons. The fraction of sp³-hybridized carbons (Fsp3) is 0.190. The number of hydrogen-bond donors (Lipinski definition) is 2. The van der Waals surface area contributed by atoms with E-state index in [9.17, 15) is 4.79 Å². The maximum atomic E-state index is 12.1. The van der Waals surface area contributed by atoms with Gasteiger partial charge in [0.05, 0.1) is 6.54 Å². The van der Waals surface area contributed by atoms with E-state index in [-0.39, 0.29) is 18.5 Å². The molecule has 1 atom stereocenters. The Morgan fingerprint density at radius 3 is 2.50 bits per heavy atom. The number of carbonyl (C=O) groups is 1. The zero-order valence-electron chi connectivity index (χ0n) is 14.6. The Balaban J connectivity index is 1.44. The Bertz CT molecular complexity index is 802.